The summed E-state index contributed by atoms with van der Waals surface area (Å²) >= 11 is 0. The molecule has 5 nitrogen and oxygen atoms in total. The summed E-state index contributed by atoms with van der Waals surface area (Å²) < 4.78 is 5.56. The van der Waals surface area contributed by atoms with Crippen LogP contribution in [0.3, 0.4) is 0 Å². The van der Waals surface area contributed by atoms with Crippen molar-refractivity contribution in [3.63, 3.8) is 0 Å². The zero-order chi connectivity index (χ0) is 18.6. The molecule has 1 saturated heterocycles. The number of hydrogen-bond donors (Lipinski definition) is 0. The van der Waals surface area contributed by atoms with Crippen molar-refractivity contribution in [2.75, 3.05) is 24.5 Å². The smallest absolute Gasteiger partial charge is 0.416 e. The van der Waals surface area contributed by atoms with E-state index < -0.39 is 5.60 Å². The number of rotatable bonds is 5. The van der Waals surface area contributed by atoms with E-state index in [1.54, 1.807) is 4.90 Å². The van der Waals surface area contributed by atoms with E-state index in [4.69, 9.17) is 4.74 Å². The zero-order valence-corrected chi connectivity index (χ0v) is 16.6. The largest absolute Gasteiger partial charge is 0.443 e. The molecule has 140 valence electrons. The van der Waals surface area contributed by atoms with Gasteiger partial charge >= 0.3 is 6.09 Å². The van der Waals surface area contributed by atoms with Gasteiger partial charge in [0.15, 0.2) is 0 Å². The highest BCUT2D eigenvalue weighted by atomic mass is 16.6. The molecule has 1 aromatic rings. The monoisotopic (exact) mass is 347 g/mol. The predicted octanol–water partition coefficient (Wildman–Crippen LogP) is 4.64. The van der Waals surface area contributed by atoms with E-state index in [0.29, 0.717) is 24.3 Å². The summed E-state index contributed by atoms with van der Waals surface area (Å²) in [6, 6.07) is 4.51. The molecule has 1 aliphatic heterocycles. The van der Waals surface area contributed by atoms with E-state index in [2.05, 4.69) is 36.7 Å². The number of carbonyl (C=O) groups is 1. The van der Waals surface area contributed by atoms with Crippen LogP contribution in [-0.4, -0.2) is 41.2 Å². The van der Waals surface area contributed by atoms with Crippen LogP contribution in [0.2, 0.25) is 0 Å². The van der Waals surface area contributed by atoms with E-state index in [0.717, 1.165) is 13.1 Å². The van der Waals surface area contributed by atoms with Crippen LogP contribution in [0.25, 0.3) is 0 Å². The molecular weight excluding hydrogens is 314 g/mol. The van der Waals surface area contributed by atoms with Gasteiger partial charge in [-0.15, -0.1) is 0 Å². The van der Waals surface area contributed by atoms with E-state index in [-0.39, 0.29) is 6.09 Å². The Bertz CT molecular complexity index is 563. The first-order valence-corrected chi connectivity index (χ1v) is 9.41. The lowest BCUT2D eigenvalue weighted by atomic mass is 10.1. The Hall–Kier alpha value is -1.62. The zero-order valence-electron chi connectivity index (χ0n) is 16.6. The van der Waals surface area contributed by atoms with Crippen LogP contribution in [0.5, 0.6) is 0 Å². The van der Waals surface area contributed by atoms with Crippen LogP contribution in [-0.2, 0) is 4.74 Å². The minimum atomic E-state index is -0.516. The van der Waals surface area contributed by atoms with Crippen molar-refractivity contribution in [3.8, 4) is 0 Å². The molecule has 0 saturated carbocycles. The van der Waals surface area contributed by atoms with Crippen LogP contribution in [0.1, 0.15) is 66.0 Å². The number of nitrogens with zero attached hydrogens (tertiary/aromatic N) is 3. The number of anilines is 1. The summed E-state index contributed by atoms with van der Waals surface area (Å²) in [5.41, 5.74) is 0.717. The second kappa shape index (κ2) is 8.17. The molecule has 25 heavy (non-hydrogen) atoms. The number of pyridine rings is 1. The van der Waals surface area contributed by atoms with Gasteiger partial charge in [-0.05, 0) is 64.3 Å². The van der Waals surface area contributed by atoms with Crippen molar-refractivity contribution in [3.05, 3.63) is 23.9 Å². The summed E-state index contributed by atoms with van der Waals surface area (Å²) in [5, 5.41) is 0. The van der Waals surface area contributed by atoms with E-state index in [9.17, 15) is 4.79 Å². The number of amides is 1. The Morgan fingerprint density at radius 1 is 1.40 bits per heavy atom. The first kappa shape index (κ1) is 19.7. The number of aromatic nitrogens is 1. The van der Waals surface area contributed by atoms with Gasteiger partial charge in [-0.2, -0.15) is 0 Å². The second-order valence-electron chi connectivity index (χ2n) is 8.22. The maximum atomic E-state index is 12.6. The highest BCUT2D eigenvalue weighted by molar-refractivity contribution is 5.86. The molecule has 0 N–H and O–H groups in total. The third-order valence-corrected chi connectivity index (χ3v) is 4.36. The number of likely N-dealkylation sites (tertiary alicyclic amines) is 1. The number of hydrogen-bond acceptors (Lipinski definition) is 4. The Labute approximate surface area is 152 Å². The van der Waals surface area contributed by atoms with E-state index in [1.165, 1.54) is 18.4 Å². The van der Waals surface area contributed by atoms with Crippen LogP contribution < -0.4 is 4.90 Å². The van der Waals surface area contributed by atoms with Gasteiger partial charge < -0.3 is 4.74 Å². The first-order chi connectivity index (χ1) is 11.7. The summed E-state index contributed by atoms with van der Waals surface area (Å²) in [7, 11) is 0. The molecule has 0 aromatic carbocycles. The molecule has 2 heterocycles. The Morgan fingerprint density at radius 2 is 2.12 bits per heavy atom. The van der Waals surface area contributed by atoms with Crippen molar-refractivity contribution in [2.24, 2.45) is 5.92 Å². The molecule has 1 fully saturated rings. The van der Waals surface area contributed by atoms with Gasteiger partial charge in [-0.1, -0.05) is 26.8 Å². The molecule has 0 spiro atoms. The van der Waals surface area contributed by atoms with Crippen molar-refractivity contribution in [1.29, 1.82) is 0 Å². The lowest BCUT2D eigenvalue weighted by molar-refractivity contribution is 0.0575. The molecule has 2 rings (SSSR count). The molecule has 1 aromatic heterocycles. The lowest BCUT2D eigenvalue weighted by Gasteiger charge is -2.28. The average molecular weight is 348 g/mol. The summed E-state index contributed by atoms with van der Waals surface area (Å²) in [5.74, 6) is 0.993. The highest BCUT2D eigenvalue weighted by Gasteiger charge is 2.27. The first-order valence-electron chi connectivity index (χ1n) is 9.41. The van der Waals surface area contributed by atoms with Crippen molar-refractivity contribution in [1.82, 2.24) is 9.88 Å². The van der Waals surface area contributed by atoms with Crippen LogP contribution in [0.15, 0.2) is 18.3 Å². The summed E-state index contributed by atoms with van der Waals surface area (Å²) in [6.45, 7) is 14.8. The molecule has 1 amide bonds. The van der Waals surface area contributed by atoms with Crippen molar-refractivity contribution >= 4 is 11.9 Å². The quantitative estimate of drug-likeness (QED) is 0.778. The van der Waals surface area contributed by atoms with Gasteiger partial charge in [0.2, 0.25) is 0 Å². The maximum Gasteiger partial charge on any atom is 0.416 e. The van der Waals surface area contributed by atoms with Crippen molar-refractivity contribution < 1.29 is 9.53 Å². The average Bonchev–Trinajstić information content (AvgIpc) is 2.99. The van der Waals surface area contributed by atoms with Gasteiger partial charge in [0.05, 0.1) is 0 Å². The molecule has 0 aliphatic carbocycles. The van der Waals surface area contributed by atoms with Crippen molar-refractivity contribution in [2.45, 2.75) is 66.0 Å². The fourth-order valence-corrected chi connectivity index (χ4v) is 3.28. The van der Waals surface area contributed by atoms with Gasteiger partial charge in [0.25, 0.3) is 0 Å². The van der Waals surface area contributed by atoms with Crippen LogP contribution in [0, 0.1) is 5.92 Å². The Morgan fingerprint density at radius 3 is 2.64 bits per heavy atom. The predicted molar refractivity (Wildman–Crippen MR) is 102 cm³/mol. The van der Waals surface area contributed by atoms with Crippen LogP contribution >= 0.6 is 0 Å². The van der Waals surface area contributed by atoms with Gasteiger partial charge in [0.1, 0.15) is 11.4 Å². The summed E-state index contributed by atoms with van der Waals surface area (Å²) in [6.07, 6.45) is 4.00. The molecular formula is C20H33N3O2. The standard InChI is InChI=1S/C20H33N3O2/c1-7-22-12-8-9-17(22)16-10-11-18(21-13-16)23(14-15(2)3)19(24)25-20(4,5)6/h10-11,13,15,17H,7-9,12,14H2,1-6H3. The maximum absolute atomic E-state index is 12.6. The fraction of sp³-hybridized carbons (Fsp3) is 0.700. The Kier molecular flexibility index (Phi) is 6.44. The molecule has 1 aliphatic rings. The normalized spacial score (nSPS) is 18.6. The van der Waals surface area contributed by atoms with E-state index in [1.807, 2.05) is 33.0 Å². The topological polar surface area (TPSA) is 45.7 Å². The third-order valence-electron chi connectivity index (χ3n) is 4.36. The highest BCUT2D eigenvalue weighted by Crippen LogP contribution is 2.31. The lowest BCUT2D eigenvalue weighted by Crippen LogP contribution is -2.39. The molecule has 0 radical (unpaired) electrons. The molecule has 0 bridgehead atoms. The number of carbonyl (C=O) groups excluding carboxylic acids is 1. The second-order valence-corrected chi connectivity index (χ2v) is 8.22. The van der Waals surface area contributed by atoms with Gasteiger partial charge in [-0.25, -0.2) is 9.78 Å². The molecule has 5 heteroatoms. The van der Waals surface area contributed by atoms with E-state index >= 15 is 0 Å². The minimum absolute atomic E-state index is 0.333. The van der Waals surface area contributed by atoms with Crippen LogP contribution in [0.4, 0.5) is 10.6 Å². The molecule has 1 unspecified atom stereocenters. The summed E-state index contributed by atoms with van der Waals surface area (Å²) in [4.78, 5) is 21.3. The minimum Gasteiger partial charge on any atom is -0.443 e. The number of ether oxygens (including phenoxy) is 1. The SMILES string of the molecule is CCN1CCCC1c1ccc(N(CC(C)C)C(=O)OC(C)(C)C)nc1. The van der Waals surface area contributed by atoms with Gasteiger partial charge in [-0.3, -0.25) is 9.80 Å². The van der Waals surface area contributed by atoms with Gasteiger partial charge in [0, 0.05) is 18.8 Å². The molecule has 1 atom stereocenters. The third kappa shape index (κ3) is 5.43. The fourth-order valence-electron chi connectivity index (χ4n) is 3.28. The Balaban J connectivity index is 2.18.